The lowest BCUT2D eigenvalue weighted by Crippen LogP contribution is -2.31. The topological polar surface area (TPSA) is 46.3 Å². The van der Waals surface area contributed by atoms with Crippen molar-refractivity contribution in [2.75, 3.05) is 12.3 Å². The molecule has 0 aliphatic heterocycles. The van der Waals surface area contributed by atoms with Crippen molar-refractivity contribution in [1.29, 1.82) is 0 Å². The first kappa shape index (κ1) is 15.4. The molecule has 21 heavy (non-hydrogen) atoms. The third-order valence-electron chi connectivity index (χ3n) is 3.49. The Kier molecular flexibility index (Phi) is 4.86. The Morgan fingerprint density at radius 1 is 1.24 bits per heavy atom. The third kappa shape index (κ3) is 3.56. The van der Waals surface area contributed by atoms with Crippen LogP contribution in [0.15, 0.2) is 42.5 Å². The maximum atomic E-state index is 12.7. The maximum absolute atomic E-state index is 12.7. The minimum atomic E-state index is -0.0568. The summed E-state index contributed by atoms with van der Waals surface area (Å²) in [6.45, 7) is 4.98. The average molecular weight is 303 g/mol. The summed E-state index contributed by atoms with van der Waals surface area (Å²) in [5.74, 6) is -0.0568. The lowest BCUT2D eigenvalue weighted by molar-refractivity contribution is 0.0753. The van der Waals surface area contributed by atoms with Gasteiger partial charge in [0.2, 0.25) is 0 Å². The molecule has 0 aliphatic carbocycles. The van der Waals surface area contributed by atoms with E-state index in [4.69, 9.17) is 17.3 Å². The van der Waals surface area contributed by atoms with E-state index in [1.54, 1.807) is 11.0 Å². The number of benzene rings is 2. The van der Waals surface area contributed by atoms with Gasteiger partial charge in [0.05, 0.1) is 5.56 Å². The van der Waals surface area contributed by atoms with Crippen LogP contribution in [-0.4, -0.2) is 17.4 Å². The highest BCUT2D eigenvalue weighted by Crippen LogP contribution is 2.20. The first-order chi connectivity index (χ1) is 10.0. The summed E-state index contributed by atoms with van der Waals surface area (Å²) in [5, 5.41) is 0.672. The summed E-state index contributed by atoms with van der Waals surface area (Å²) in [7, 11) is 0. The van der Waals surface area contributed by atoms with Gasteiger partial charge in [0.15, 0.2) is 0 Å². The number of nitrogen functional groups attached to an aromatic ring is 1. The number of aryl methyl sites for hydroxylation is 1. The second-order valence-electron chi connectivity index (χ2n) is 4.99. The lowest BCUT2D eigenvalue weighted by Gasteiger charge is -2.22. The fourth-order valence-electron chi connectivity index (χ4n) is 2.22. The molecule has 0 spiro atoms. The van der Waals surface area contributed by atoms with Gasteiger partial charge in [-0.1, -0.05) is 35.9 Å². The Morgan fingerprint density at radius 3 is 2.62 bits per heavy atom. The Hall–Kier alpha value is -2.00. The molecule has 1 amide bonds. The van der Waals surface area contributed by atoms with E-state index in [1.807, 2.05) is 50.2 Å². The van der Waals surface area contributed by atoms with Gasteiger partial charge in [0.25, 0.3) is 5.91 Å². The Bertz CT molecular complexity index is 655. The molecule has 0 saturated carbocycles. The van der Waals surface area contributed by atoms with E-state index in [-0.39, 0.29) is 5.91 Å². The molecule has 2 rings (SSSR count). The number of hydrogen-bond donors (Lipinski definition) is 1. The molecule has 2 N–H and O–H groups in total. The van der Waals surface area contributed by atoms with Crippen molar-refractivity contribution >= 4 is 23.2 Å². The van der Waals surface area contributed by atoms with Crippen LogP contribution < -0.4 is 5.73 Å². The first-order valence-electron chi connectivity index (χ1n) is 6.91. The fourth-order valence-corrected chi connectivity index (χ4v) is 2.43. The van der Waals surface area contributed by atoms with Gasteiger partial charge in [0.1, 0.15) is 0 Å². The van der Waals surface area contributed by atoms with Crippen molar-refractivity contribution < 1.29 is 4.79 Å². The predicted octanol–water partition coefficient (Wildman–Crippen LogP) is 3.89. The summed E-state index contributed by atoms with van der Waals surface area (Å²) in [5.41, 5.74) is 9.05. The molecule has 0 heterocycles. The van der Waals surface area contributed by atoms with Crippen LogP contribution in [0.4, 0.5) is 5.69 Å². The number of anilines is 1. The van der Waals surface area contributed by atoms with Gasteiger partial charge >= 0.3 is 0 Å². The lowest BCUT2D eigenvalue weighted by atomic mass is 10.1. The molecule has 110 valence electrons. The van der Waals surface area contributed by atoms with Crippen LogP contribution in [0, 0.1) is 6.92 Å². The van der Waals surface area contributed by atoms with Crippen LogP contribution in [0.3, 0.4) is 0 Å². The number of para-hydroxylation sites is 1. The van der Waals surface area contributed by atoms with Gasteiger partial charge in [0, 0.05) is 23.8 Å². The monoisotopic (exact) mass is 302 g/mol. The number of nitrogens with zero attached hydrogens (tertiary/aromatic N) is 1. The second kappa shape index (κ2) is 6.64. The van der Waals surface area contributed by atoms with Crippen LogP contribution in [0.2, 0.25) is 5.02 Å². The highest BCUT2D eigenvalue weighted by Gasteiger charge is 2.17. The van der Waals surface area contributed by atoms with Crippen molar-refractivity contribution in [3.63, 3.8) is 0 Å². The molecular formula is C17H19ClN2O. The Balaban J connectivity index is 2.25. The number of hydrogen-bond acceptors (Lipinski definition) is 2. The number of amides is 1. The zero-order valence-corrected chi connectivity index (χ0v) is 13.0. The first-order valence-corrected chi connectivity index (χ1v) is 7.29. The van der Waals surface area contributed by atoms with E-state index in [9.17, 15) is 4.79 Å². The molecule has 0 aliphatic rings. The van der Waals surface area contributed by atoms with Gasteiger partial charge in [-0.2, -0.15) is 0 Å². The smallest absolute Gasteiger partial charge is 0.256 e. The van der Waals surface area contributed by atoms with E-state index in [1.165, 1.54) is 0 Å². The van der Waals surface area contributed by atoms with Gasteiger partial charge in [-0.15, -0.1) is 0 Å². The van der Waals surface area contributed by atoms with E-state index in [2.05, 4.69) is 0 Å². The summed E-state index contributed by atoms with van der Waals surface area (Å²) >= 11 is 5.99. The molecule has 0 saturated heterocycles. The minimum Gasteiger partial charge on any atom is -0.398 e. The van der Waals surface area contributed by atoms with Crippen molar-refractivity contribution in [2.24, 2.45) is 0 Å². The van der Waals surface area contributed by atoms with E-state index in [0.717, 1.165) is 11.1 Å². The van der Waals surface area contributed by atoms with Crippen molar-refractivity contribution in [2.45, 2.75) is 20.4 Å². The van der Waals surface area contributed by atoms with Crippen molar-refractivity contribution in [1.82, 2.24) is 4.90 Å². The standard InChI is InChI=1S/C17H19ClN2O/c1-3-20(11-13-7-5-8-14(18)10-13)17(21)15-9-4-6-12(2)16(15)19/h4-10H,3,11,19H2,1-2H3. The molecular weight excluding hydrogens is 284 g/mol. The molecule has 0 aromatic heterocycles. The minimum absolute atomic E-state index is 0.0568. The fraction of sp³-hybridized carbons (Fsp3) is 0.235. The van der Waals surface area contributed by atoms with Crippen LogP contribution in [0.25, 0.3) is 0 Å². The SMILES string of the molecule is CCN(Cc1cccc(Cl)c1)C(=O)c1cccc(C)c1N. The Labute approximate surface area is 130 Å². The van der Waals surface area contributed by atoms with Gasteiger partial charge in [-0.05, 0) is 43.2 Å². The van der Waals surface area contributed by atoms with Crippen LogP contribution in [0.1, 0.15) is 28.4 Å². The molecule has 2 aromatic rings. The van der Waals surface area contributed by atoms with Gasteiger partial charge in [-0.25, -0.2) is 0 Å². The van der Waals surface area contributed by atoms with E-state index in [0.29, 0.717) is 29.4 Å². The quantitative estimate of drug-likeness (QED) is 0.871. The highest BCUT2D eigenvalue weighted by atomic mass is 35.5. The number of carbonyl (C=O) groups is 1. The largest absolute Gasteiger partial charge is 0.398 e. The normalized spacial score (nSPS) is 10.4. The van der Waals surface area contributed by atoms with Crippen molar-refractivity contribution in [3.8, 4) is 0 Å². The molecule has 0 radical (unpaired) electrons. The van der Waals surface area contributed by atoms with Gasteiger partial charge in [-0.3, -0.25) is 4.79 Å². The molecule has 4 heteroatoms. The maximum Gasteiger partial charge on any atom is 0.256 e. The molecule has 0 bridgehead atoms. The predicted molar refractivity (Wildman–Crippen MR) is 87.5 cm³/mol. The number of rotatable bonds is 4. The number of carbonyl (C=O) groups excluding carboxylic acids is 1. The van der Waals surface area contributed by atoms with Crippen molar-refractivity contribution in [3.05, 3.63) is 64.2 Å². The van der Waals surface area contributed by atoms with Crippen LogP contribution in [0.5, 0.6) is 0 Å². The average Bonchev–Trinajstić information content (AvgIpc) is 2.47. The third-order valence-corrected chi connectivity index (χ3v) is 3.72. The van der Waals surface area contributed by atoms with E-state index >= 15 is 0 Å². The molecule has 2 aromatic carbocycles. The van der Waals surface area contributed by atoms with Crippen LogP contribution in [-0.2, 0) is 6.54 Å². The zero-order chi connectivity index (χ0) is 15.4. The summed E-state index contributed by atoms with van der Waals surface area (Å²) in [4.78, 5) is 14.4. The highest BCUT2D eigenvalue weighted by molar-refractivity contribution is 6.30. The number of halogens is 1. The molecule has 0 unspecified atom stereocenters. The van der Waals surface area contributed by atoms with E-state index < -0.39 is 0 Å². The molecule has 3 nitrogen and oxygen atoms in total. The second-order valence-corrected chi connectivity index (χ2v) is 5.42. The summed E-state index contributed by atoms with van der Waals surface area (Å²) in [6.07, 6.45) is 0. The van der Waals surface area contributed by atoms with Crippen LogP contribution >= 0.6 is 11.6 Å². The summed E-state index contributed by atoms with van der Waals surface area (Å²) < 4.78 is 0. The summed E-state index contributed by atoms with van der Waals surface area (Å²) in [6, 6.07) is 13.1. The molecule has 0 atom stereocenters. The van der Waals surface area contributed by atoms with Gasteiger partial charge < -0.3 is 10.6 Å². The number of nitrogens with two attached hydrogens (primary N) is 1. The Morgan fingerprint density at radius 2 is 1.95 bits per heavy atom. The molecule has 0 fully saturated rings. The zero-order valence-electron chi connectivity index (χ0n) is 12.3.